The molecule has 1 aromatic heterocycles. The molecule has 3 atom stereocenters. The average Bonchev–Trinajstić information content (AvgIpc) is 2.95. The van der Waals surface area contributed by atoms with Gasteiger partial charge in [-0.15, -0.1) is 0 Å². The van der Waals surface area contributed by atoms with Crippen molar-refractivity contribution in [2.45, 2.75) is 53.0 Å². The maximum Gasteiger partial charge on any atom is 0.274 e. The van der Waals surface area contributed by atoms with Crippen molar-refractivity contribution < 1.29 is 9.59 Å². The van der Waals surface area contributed by atoms with Gasteiger partial charge in [-0.05, 0) is 32.1 Å². The topological polar surface area (TPSA) is 67.2 Å². The normalized spacial score (nSPS) is 23.8. The maximum absolute atomic E-state index is 12.6. The van der Waals surface area contributed by atoms with Crippen molar-refractivity contribution in [1.82, 2.24) is 20.0 Å². The third kappa shape index (κ3) is 3.79. The maximum atomic E-state index is 12.6. The summed E-state index contributed by atoms with van der Waals surface area (Å²) in [5.41, 5.74) is 0.771. The van der Waals surface area contributed by atoms with E-state index in [0.29, 0.717) is 36.3 Å². The highest BCUT2D eigenvalue weighted by Crippen LogP contribution is 2.29. The van der Waals surface area contributed by atoms with Crippen molar-refractivity contribution in [3.8, 4) is 0 Å². The van der Waals surface area contributed by atoms with Gasteiger partial charge in [0, 0.05) is 32.2 Å². The number of aryl methyl sites for hydroxylation is 1. The van der Waals surface area contributed by atoms with Crippen LogP contribution in [0.15, 0.2) is 6.07 Å². The Labute approximate surface area is 144 Å². The second-order valence-electron chi connectivity index (χ2n) is 6.86. The zero-order chi connectivity index (χ0) is 17.9. The summed E-state index contributed by atoms with van der Waals surface area (Å²) in [6.07, 6.45) is 3.38. The Morgan fingerprint density at radius 2 is 1.96 bits per heavy atom. The van der Waals surface area contributed by atoms with Crippen LogP contribution in [0.25, 0.3) is 0 Å². The Morgan fingerprint density at radius 3 is 2.58 bits per heavy atom. The number of nitrogens with one attached hydrogen (secondary N) is 1. The van der Waals surface area contributed by atoms with Gasteiger partial charge in [0.1, 0.15) is 5.69 Å². The van der Waals surface area contributed by atoms with Gasteiger partial charge in [-0.3, -0.25) is 14.3 Å². The molecule has 1 heterocycles. The minimum Gasteiger partial charge on any atom is -0.348 e. The Bertz CT molecular complexity index is 592. The molecule has 0 unspecified atom stereocenters. The Morgan fingerprint density at radius 1 is 1.29 bits per heavy atom. The van der Waals surface area contributed by atoms with E-state index in [9.17, 15) is 9.59 Å². The molecule has 1 N–H and O–H groups in total. The minimum atomic E-state index is -0.144. The van der Waals surface area contributed by atoms with Crippen molar-refractivity contribution in [3.05, 3.63) is 17.5 Å². The number of amides is 2. The van der Waals surface area contributed by atoms with Crippen molar-refractivity contribution in [2.75, 3.05) is 13.1 Å². The quantitative estimate of drug-likeness (QED) is 0.899. The van der Waals surface area contributed by atoms with Crippen LogP contribution < -0.4 is 5.32 Å². The molecular formula is C18H30N4O2. The number of hydrogen-bond donors (Lipinski definition) is 1. The minimum absolute atomic E-state index is 0.130. The molecule has 0 saturated heterocycles. The summed E-state index contributed by atoms with van der Waals surface area (Å²) >= 11 is 0. The largest absolute Gasteiger partial charge is 0.348 e. The Balaban J connectivity index is 2.11. The fourth-order valence-corrected chi connectivity index (χ4v) is 3.49. The van der Waals surface area contributed by atoms with Crippen LogP contribution in [0.2, 0.25) is 0 Å². The van der Waals surface area contributed by atoms with Gasteiger partial charge in [0.2, 0.25) is 0 Å². The molecule has 1 fully saturated rings. The first-order valence-electron chi connectivity index (χ1n) is 9.03. The lowest BCUT2D eigenvalue weighted by Gasteiger charge is -2.34. The summed E-state index contributed by atoms with van der Waals surface area (Å²) in [4.78, 5) is 26.7. The average molecular weight is 334 g/mol. The van der Waals surface area contributed by atoms with Crippen LogP contribution in [0.1, 0.15) is 67.9 Å². The van der Waals surface area contributed by atoms with Gasteiger partial charge < -0.3 is 10.2 Å². The fourth-order valence-electron chi connectivity index (χ4n) is 3.49. The second kappa shape index (κ2) is 7.81. The van der Waals surface area contributed by atoms with E-state index in [-0.39, 0.29) is 17.9 Å². The molecule has 0 bridgehead atoms. The van der Waals surface area contributed by atoms with Gasteiger partial charge in [0.05, 0.1) is 0 Å². The van der Waals surface area contributed by atoms with Gasteiger partial charge in [0.25, 0.3) is 11.8 Å². The van der Waals surface area contributed by atoms with E-state index >= 15 is 0 Å². The summed E-state index contributed by atoms with van der Waals surface area (Å²) in [6.45, 7) is 9.57. The van der Waals surface area contributed by atoms with Crippen LogP contribution in [0.4, 0.5) is 0 Å². The highest BCUT2D eigenvalue weighted by Gasteiger charge is 2.29. The molecule has 0 aliphatic heterocycles. The van der Waals surface area contributed by atoms with Gasteiger partial charge in [0.15, 0.2) is 5.69 Å². The van der Waals surface area contributed by atoms with Crippen molar-refractivity contribution in [3.63, 3.8) is 0 Å². The standard InChI is InChI=1S/C18H30N4O2/c1-6-22(7-2)18(24)15-11-16(21(5)20-15)17(23)19-14-10-8-9-12(3)13(14)4/h11-14H,6-10H2,1-5H3,(H,19,23)/t12-,13+,14+/m1/s1. The number of nitrogens with zero attached hydrogens (tertiary/aromatic N) is 3. The molecule has 0 aromatic carbocycles. The molecule has 1 saturated carbocycles. The zero-order valence-corrected chi connectivity index (χ0v) is 15.5. The second-order valence-corrected chi connectivity index (χ2v) is 6.86. The predicted octanol–water partition coefficient (Wildman–Crippen LogP) is 2.46. The predicted molar refractivity (Wildman–Crippen MR) is 93.9 cm³/mol. The van der Waals surface area contributed by atoms with E-state index < -0.39 is 0 Å². The lowest BCUT2D eigenvalue weighted by atomic mass is 9.78. The summed E-state index contributed by atoms with van der Waals surface area (Å²) in [7, 11) is 1.71. The van der Waals surface area contributed by atoms with E-state index in [0.717, 1.165) is 12.8 Å². The SMILES string of the molecule is CCN(CC)C(=O)c1cc(C(=O)N[C@H]2CCC[C@@H](C)[C@@H]2C)n(C)n1. The van der Waals surface area contributed by atoms with E-state index in [1.807, 2.05) is 13.8 Å². The van der Waals surface area contributed by atoms with Crippen LogP contribution in [-0.2, 0) is 7.05 Å². The summed E-state index contributed by atoms with van der Waals surface area (Å²) < 4.78 is 1.50. The Hall–Kier alpha value is -1.85. The first kappa shape index (κ1) is 18.5. The Kier molecular flexibility index (Phi) is 6.02. The third-order valence-electron chi connectivity index (χ3n) is 5.41. The number of carbonyl (C=O) groups is 2. The zero-order valence-electron chi connectivity index (χ0n) is 15.5. The highest BCUT2D eigenvalue weighted by molar-refractivity contribution is 5.98. The fraction of sp³-hybridized carbons (Fsp3) is 0.722. The lowest BCUT2D eigenvalue weighted by molar-refractivity contribution is 0.0766. The summed E-state index contributed by atoms with van der Waals surface area (Å²) in [5, 5.41) is 7.38. The van der Waals surface area contributed by atoms with Gasteiger partial charge in [-0.25, -0.2) is 0 Å². The molecule has 0 spiro atoms. The van der Waals surface area contributed by atoms with Crippen molar-refractivity contribution in [2.24, 2.45) is 18.9 Å². The highest BCUT2D eigenvalue weighted by atomic mass is 16.2. The third-order valence-corrected chi connectivity index (χ3v) is 5.41. The van der Waals surface area contributed by atoms with Crippen LogP contribution in [0, 0.1) is 11.8 Å². The number of aromatic nitrogens is 2. The molecule has 134 valence electrons. The molecule has 6 heteroatoms. The molecular weight excluding hydrogens is 304 g/mol. The number of rotatable bonds is 5. The first-order chi connectivity index (χ1) is 11.4. The van der Waals surface area contributed by atoms with Crippen LogP contribution in [0.5, 0.6) is 0 Å². The molecule has 2 rings (SSSR count). The molecule has 0 radical (unpaired) electrons. The van der Waals surface area contributed by atoms with Crippen LogP contribution >= 0.6 is 0 Å². The first-order valence-corrected chi connectivity index (χ1v) is 9.03. The number of hydrogen-bond acceptors (Lipinski definition) is 3. The van der Waals surface area contributed by atoms with Gasteiger partial charge in [-0.1, -0.05) is 26.7 Å². The smallest absolute Gasteiger partial charge is 0.274 e. The lowest BCUT2D eigenvalue weighted by Crippen LogP contribution is -2.44. The van der Waals surface area contributed by atoms with Crippen LogP contribution in [-0.4, -0.2) is 45.6 Å². The number of carbonyl (C=O) groups excluding carboxylic acids is 2. The van der Waals surface area contributed by atoms with E-state index in [1.165, 1.54) is 11.1 Å². The molecule has 1 aliphatic carbocycles. The van der Waals surface area contributed by atoms with Crippen molar-refractivity contribution in [1.29, 1.82) is 0 Å². The summed E-state index contributed by atoms with van der Waals surface area (Å²) in [6, 6.07) is 1.80. The summed E-state index contributed by atoms with van der Waals surface area (Å²) in [5.74, 6) is 0.812. The molecule has 6 nitrogen and oxygen atoms in total. The van der Waals surface area contributed by atoms with E-state index in [4.69, 9.17) is 0 Å². The monoisotopic (exact) mass is 334 g/mol. The molecule has 1 aromatic rings. The van der Waals surface area contributed by atoms with E-state index in [2.05, 4.69) is 24.3 Å². The van der Waals surface area contributed by atoms with Gasteiger partial charge >= 0.3 is 0 Å². The van der Waals surface area contributed by atoms with E-state index in [1.54, 1.807) is 18.0 Å². The van der Waals surface area contributed by atoms with Crippen molar-refractivity contribution >= 4 is 11.8 Å². The molecule has 2 amide bonds. The van der Waals surface area contributed by atoms with Crippen LogP contribution in [0.3, 0.4) is 0 Å². The molecule has 1 aliphatic rings. The van der Waals surface area contributed by atoms with Gasteiger partial charge in [-0.2, -0.15) is 5.10 Å². The molecule has 24 heavy (non-hydrogen) atoms.